The third-order valence-corrected chi connectivity index (χ3v) is 5.05. The number of urea groups is 1. The van der Waals surface area contributed by atoms with Gasteiger partial charge in [0.15, 0.2) is 0 Å². The Bertz CT molecular complexity index is 776. The summed E-state index contributed by atoms with van der Waals surface area (Å²) in [5.41, 5.74) is 0.795. The van der Waals surface area contributed by atoms with Crippen LogP contribution in [0.3, 0.4) is 0 Å². The quantitative estimate of drug-likeness (QED) is 0.790. The normalized spacial score (nSPS) is 19.8. The fraction of sp³-hybridized carbons (Fsp3) is 0.471. The Morgan fingerprint density at radius 1 is 1.23 bits per heavy atom. The average molecular weight is 421 g/mol. The molecule has 26 heavy (non-hydrogen) atoms. The molecule has 2 atom stereocenters. The van der Waals surface area contributed by atoms with Gasteiger partial charge in [0.05, 0.1) is 0 Å². The summed E-state index contributed by atoms with van der Waals surface area (Å²) in [5, 5.41) is 17.2. The van der Waals surface area contributed by atoms with Crippen LogP contribution in [0.5, 0.6) is 0 Å². The molecule has 0 spiro atoms. The maximum Gasteiger partial charge on any atom is 0.321 e. The Kier molecular flexibility index (Phi) is 5.97. The number of benzene rings is 1. The zero-order chi connectivity index (χ0) is 18.5. The van der Waals surface area contributed by atoms with Crippen LogP contribution >= 0.6 is 15.9 Å². The molecule has 1 aromatic heterocycles. The standard InChI is InChI=1S/C17H21BrN6O2/c1-11-4-2-3-5-14(11)19-17(26)20-15(25)10-24-22-16(21-23-24)12-6-8-13(18)9-7-12/h6-9,11,14H,2-5,10H2,1H3,(H2,19,20,25,26). The second-order valence-corrected chi connectivity index (χ2v) is 7.46. The second kappa shape index (κ2) is 8.39. The molecular weight excluding hydrogens is 400 g/mol. The SMILES string of the molecule is CC1CCCCC1NC(=O)NC(=O)Cn1nnc(-c2ccc(Br)cc2)n1. The zero-order valence-corrected chi connectivity index (χ0v) is 16.1. The minimum absolute atomic E-state index is 0.116. The van der Waals surface area contributed by atoms with E-state index in [1.807, 2.05) is 24.3 Å². The van der Waals surface area contributed by atoms with Crippen molar-refractivity contribution in [1.29, 1.82) is 0 Å². The first kappa shape index (κ1) is 18.5. The van der Waals surface area contributed by atoms with Crippen molar-refractivity contribution >= 4 is 27.9 Å². The van der Waals surface area contributed by atoms with Gasteiger partial charge in [0.25, 0.3) is 5.91 Å². The van der Waals surface area contributed by atoms with Gasteiger partial charge in [0.1, 0.15) is 6.54 Å². The molecule has 1 aromatic carbocycles. The van der Waals surface area contributed by atoms with Crippen LogP contribution < -0.4 is 10.6 Å². The zero-order valence-electron chi connectivity index (χ0n) is 14.5. The summed E-state index contributed by atoms with van der Waals surface area (Å²) in [5.74, 6) is 0.367. The molecule has 3 amide bonds. The van der Waals surface area contributed by atoms with Crippen LogP contribution in [-0.4, -0.2) is 38.2 Å². The average Bonchev–Trinajstić information content (AvgIpc) is 3.05. The number of halogens is 1. The molecule has 0 saturated heterocycles. The van der Waals surface area contributed by atoms with E-state index in [2.05, 4.69) is 48.9 Å². The Morgan fingerprint density at radius 2 is 1.96 bits per heavy atom. The number of imide groups is 1. The van der Waals surface area contributed by atoms with E-state index in [9.17, 15) is 9.59 Å². The van der Waals surface area contributed by atoms with E-state index in [1.165, 1.54) is 11.2 Å². The Balaban J connectivity index is 1.51. The van der Waals surface area contributed by atoms with E-state index in [1.54, 1.807) is 0 Å². The summed E-state index contributed by atoms with van der Waals surface area (Å²) in [6.45, 7) is 1.95. The minimum atomic E-state index is -0.481. The molecule has 0 bridgehead atoms. The molecule has 2 aromatic rings. The maximum absolute atomic E-state index is 12.0. The summed E-state index contributed by atoms with van der Waals surface area (Å²) in [6.07, 6.45) is 4.34. The molecule has 0 aliphatic heterocycles. The third kappa shape index (κ3) is 4.87. The highest BCUT2D eigenvalue weighted by atomic mass is 79.9. The summed E-state index contributed by atoms with van der Waals surface area (Å²) >= 11 is 3.37. The first-order chi connectivity index (χ1) is 12.5. The van der Waals surface area contributed by atoms with Crippen molar-refractivity contribution in [2.45, 2.75) is 45.2 Å². The molecule has 1 heterocycles. The van der Waals surface area contributed by atoms with Crippen LogP contribution in [0, 0.1) is 5.92 Å². The highest BCUT2D eigenvalue weighted by molar-refractivity contribution is 9.10. The fourth-order valence-electron chi connectivity index (χ4n) is 3.05. The first-order valence-electron chi connectivity index (χ1n) is 8.65. The van der Waals surface area contributed by atoms with E-state index in [-0.39, 0.29) is 12.6 Å². The molecule has 1 aliphatic rings. The predicted molar refractivity (Wildman–Crippen MR) is 99.0 cm³/mol. The van der Waals surface area contributed by atoms with E-state index in [4.69, 9.17) is 0 Å². The topological polar surface area (TPSA) is 102 Å². The molecule has 2 unspecified atom stereocenters. The van der Waals surface area contributed by atoms with Gasteiger partial charge in [0.2, 0.25) is 5.82 Å². The van der Waals surface area contributed by atoms with Crippen molar-refractivity contribution in [1.82, 2.24) is 30.8 Å². The van der Waals surface area contributed by atoms with E-state index >= 15 is 0 Å². The molecule has 1 saturated carbocycles. The highest BCUT2D eigenvalue weighted by Gasteiger charge is 2.23. The Labute approximate surface area is 159 Å². The van der Waals surface area contributed by atoms with Crippen LogP contribution in [0.25, 0.3) is 11.4 Å². The minimum Gasteiger partial charge on any atom is -0.335 e. The maximum atomic E-state index is 12.0. The van der Waals surface area contributed by atoms with Gasteiger partial charge in [-0.15, -0.1) is 10.2 Å². The van der Waals surface area contributed by atoms with Gasteiger partial charge >= 0.3 is 6.03 Å². The summed E-state index contributed by atoms with van der Waals surface area (Å²) in [4.78, 5) is 25.2. The predicted octanol–water partition coefficient (Wildman–Crippen LogP) is 2.51. The van der Waals surface area contributed by atoms with Gasteiger partial charge in [-0.2, -0.15) is 4.80 Å². The third-order valence-electron chi connectivity index (χ3n) is 4.52. The highest BCUT2D eigenvalue weighted by Crippen LogP contribution is 2.23. The number of rotatable bonds is 4. The lowest BCUT2D eigenvalue weighted by atomic mass is 9.86. The number of aromatic nitrogens is 4. The summed E-state index contributed by atoms with van der Waals surface area (Å²) in [7, 11) is 0. The van der Waals surface area contributed by atoms with Crippen LogP contribution in [-0.2, 0) is 11.3 Å². The Hall–Kier alpha value is -2.29. The van der Waals surface area contributed by atoms with Gasteiger partial charge in [0, 0.05) is 16.1 Å². The second-order valence-electron chi connectivity index (χ2n) is 6.54. The fourth-order valence-corrected chi connectivity index (χ4v) is 3.32. The number of amides is 3. The van der Waals surface area contributed by atoms with Crippen LogP contribution in [0.15, 0.2) is 28.7 Å². The van der Waals surface area contributed by atoms with Crippen molar-refractivity contribution in [3.8, 4) is 11.4 Å². The molecular formula is C17H21BrN6O2. The van der Waals surface area contributed by atoms with Crippen molar-refractivity contribution in [2.75, 3.05) is 0 Å². The smallest absolute Gasteiger partial charge is 0.321 e. The number of carbonyl (C=O) groups excluding carboxylic acids is 2. The van der Waals surface area contributed by atoms with Crippen molar-refractivity contribution in [3.05, 3.63) is 28.7 Å². The Morgan fingerprint density at radius 3 is 2.69 bits per heavy atom. The van der Waals surface area contributed by atoms with Crippen molar-refractivity contribution in [3.63, 3.8) is 0 Å². The van der Waals surface area contributed by atoms with Crippen LogP contribution in [0.1, 0.15) is 32.6 Å². The first-order valence-corrected chi connectivity index (χ1v) is 9.44. The molecule has 3 rings (SSSR count). The lowest BCUT2D eigenvalue weighted by Crippen LogP contribution is -2.48. The largest absolute Gasteiger partial charge is 0.335 e. The number of nitrogens with zero attached hydrogens (tertiary/aromatic N) is 4. The number of hydrogen-bond donors (Lipinski definition) is 2. The summed E-state index contributed by atoms with van der Waals surface area (Å²) < 4.78 is 0.950. The number of tetrazole rings is 1. The molecule has 9 heteroatoms. The number of carbonyl (C=O) groups is 2. The molecule has 8 nitrogen and oxygen atoms in total. The van der Waals surface area contributed by atoms with Gasteiger partial charge in [-0.05, 0) is 48.2 Å². The van der Waals surface area contributed by atoms with E-state index in [0.717, 1.165) is 29.3 Å². The van der Waals surface area contributed by atoms with Gasteiger partial charge in [-0.1, -0.05) is 35.7 Å². The summed E-state index contributed by atoms with van der Waals surface area (Å²) in [6, 6.07) is 7.10. The lowest BCUT2D eigenvalue weighted by molar-refractivity contribution is -0.121. The molecule has 2 N–H and O–H groups in total. The number of nitrogens with one attached hydrogen (secondary N) is 2. The van der Waals surface area contributed by atoms with E-state index in [0.29, 0.717) is 11.7 Å². The molecule has 0 radical (unpaired) electrons. The lowest BCUT2D eigenvalue weighted by Gasteiger charge is -2.29. The molecule has 1 fully saturated rings. The van der Waals surface area contributed by atoms with E-state index < -0.39 is 11.9 Å². The van der Waals surface area contributed by atoms with Crippen molar-refractivity contribution in [2.24, 2.45) is 5.92 Å². The monoisotopic (exact) mass is 420 g/mol. The molecule has 1 aliphatic carbocycles. The van der Waals surface area contributed by atoms with Crippen LogP contribution in [0.2, 0.25) is 0 Å². The van der Waals surface area contributed by atoms with Crippen molar-refractivity contribution < 1.29 is 9.59 Å². The van der Waals surface area contributed by atoms with Gasteiger partial charge in [-0.25, -0.2) is 4.79 Å². The number of hydrogen-bond acceptors (Lipinski definition) is 5. The van der Waals surface area contributed by atoms with Gasteiger partial charge < -0.3 is 5.32 Å². The van der Waals surface area contributed by atoms with Gasteiger partial charge in [-0.3, -0.25) is 10.1 Å². The molecule has 138 valence electrons. The van der Waals surface area contributed by atoms with Crippen LogP contribution in [0.4, 0.5) is 4.79 Å².